The highest BCUT2D eigenvalue weighted by Crippen LogP contribution is 2.40. The van der Waals surface area contributed by atoms with E-state index in [1.807, 2.05) is 6.92 Å². The van der Waals surface area contributed by atoms with Crippen molar-refractivity contribution in [2.75, 3.05) is 6.54 Å². The molecule has 1 aromatic rings. The zero-order valence-corrected chi connectivity index (χ0v) is 12.0. The first-order chi connectivity index (χ1) is 9.38. The van der Waals surface area contributed by atoms with Crippen LogP contribution >= 0.6 is 0 Å². The van der Waals surface area contributed by atoms with E-state index in [9.17, 15) is 13.2 Å². The summed E-state index contributed by atoms with van der Waals surface area (Å²) in [5.74, 6) is -0.770. The molecule has 112 valence electrons. The van der Waals surface area contributed by atoms with Gasteiger partial charge in [-0.15, -0.1) is 0 Å². The maximum Gasteiger partial charge on any atom is 0.353 e. The minimum atomic E-state index is -3.63. The summed E-state index contributed by atoms with van der Waals surface area (Å²) in [7, 11) is -3.63. The van der Waals surface area contributed by atoms with Gasteiger partial charge in [0.15, 0.2) is 0 Å². The van der Waals surface area contributed by atoms with Crippen molar-refractivity contribution in [3.8, 4) is 0 Å². The molecule has 2 rings (SSSR count). The Morgan fingerprint density at radius 2 is 2.25 bits per heavy atom. The topological polar surface area (TPSA) is 124 Å². The fraction of sp³-hybridized carbons (Fsp3) is 0.636. The van der Waals surface area contributed by atoms with Gasteiger partial charge in [-0.05, 0) is 25.7 Å². The summed E-state index contributed by atoms with van der Waals surface area (Å²) >= 11 is 0. The molecule has 0 aliphatic heterocycles. The summed E-state index contributed by atoms with van der Waals surface area (Å²) in [6.45, 7) is 2.22. The summed E-state index contributed by atoms with van der Waals surface area (Å²) < 4.78 is 28.9. The molecule has 1 heterocycles. The lowest BCUT2D eigenvalue weighted by Gasteiger charge is -2.40. The van der Waals surface area contributed by atoms with Crippen LogP contribution in [0.15, 0.2) is 6.20 Å². The SMILES string of the molecule is CCCNS(=O)(=O)NC1(c2ncc(C(=O)O)[nH]2)CCC1. The molecule has 1 fully saturated rings. The molecule has 0 unspecified atom stereocenters. The highest BCUT2D eigenvalue weighted by atomic mass is 32.2. The zero-order chi connectivity index (χ0) is 14.8. The first-order valence-corrected chi connectivity index (χ1v) is 7.94. The molecule has 1 aromatic heterocycles. The van der Waals surface area contributed by atoms with Gasteiger partial charge in [-0.1, -0.05) is 6.92 Å². The smallest absolute Gasteiger partial charge is 0.353 e. The maximum atomic E-state index is 11.9. The standard InChI is InChI=1S/C11H18N4O4S/c1-2-6-13-20(18,19)15-11(4-3-5-11)10-12-7-8(14-10)9(16)17/h7,13,15H,2-6H2,1H3,(H,12,14)(H,16,17). The summed E-state index contributed by atoms with van der Waals surface area (Å²) in [6.07, 6.45) is 3.93. The average Bonchev–Trinajstić information content (AvgIpc) is 2.81. The second-order valence-corrected chi connectivity index (χ2v) is 6.39. The van der Waals surface area contributed by atoms with Crippen LogP contribution in [-0.4, -0.2) is 36.0 Å². The molecule has 0 aromatic carbocycles. The van der Waals surface area contributed by atoms with E-state index in [0.29, 0.717) is 31.6 Å². The molecule has 0 atom stereocenters. The Labute approximate surface area is 117 Å². The molecule has 0 amide bonds. The van der Waals surface area contributed by atoms with Crippen molar-refractivity contribution in [3.63, 3.8) is 0 Å². The lowest BCUT2D eigenvalue weighted by Crippen LogP contribution is -2.54. The van der Waals surface area contributed by atoms with Gasteiger partial charge in [0.2, 0.25) is 0 Å². The van der Waals surface area contributed by atoms with Gasteiger partial charge >= 0.3 is 5.97 Å². The molecule has 8 nitrogen and oxygen atoms in total. The number of nitrogens with one attached hydrogen (secondary N) is 3. The lowest BCUT2D eigenvalue weighted by molar-refractivity contribution is 0.0690. The fourth-order valence-electron chi connectivity index (χ4n) is 2.12. The number of aromatic nitrogens is 2. The van der Waals surface area contributed by atoms with E-state index in [4.69, 9.17) is 5.11 Å². The van der Waals surface area contributed by atoms with Crippen LogP contribution < -0.4 is 9.44 Å². The molecular weight excluding hydrogens is 284 g/mol. The number of hydrogen-bond donors (Lipinski definition) is 4. The number of carbonyl (C=O) groups is 1. The van der Waals surface area contributed by atoms with Gasteiger partial charge in [0, 0.05) is 6.54 Å². The number of hydrogen-bond acceptors (Lipinski definition) is 4. The van der Waals surface area contributed by atoms with E-state index in [-0.39, 0.29) is 5.69 Å². The highest BCUT2D eigenvalue weighted by Gasteiger charge is 2.44. The number of carboxylic acid groups (broad SMARTS) is 1. The molecule has 0 radical (unpaired) electrons. The van der Waals surface area contributed by atoms with Gasteiger partial charge in [0.25, 0.3) is 10.2 Å². The molecule has 9 heteroatoms. The van der Waals surface area contributed by atoms with Gasteiger partial charge < -0.3 is 10.1 Å². The van der Waals surface area contributed by atoms with Gasteiger partial charge in [0.1, 0.15) is 11.5 Å². The number of imidazole rings is 1. The van der Waals surface area contributed by atoms with Gasteiger partial charge in [-0.3, -0.25) is 0 Å². The van der Waals surface area contributed by atoms with Crippen LogP contribution in [-0.2, 0) is 15.7 Å². The third kappa shape index (κ3) is 3.00. The van der Waals surface area contributed by atoms with Crippen LogP contribution in [0.3, 0.4) is 0 Å². The Morgan fingerprint density at radius 3 is 2.70 bits per heavy atom. The first kappa shape index (κ1) is 14.9. The minimum Gasteiger partial charge on any atom is -0.477 e. The quantitative estimate of drug-likeness (QED) is 0.577. The van der Waals surface area contributed by atoms with E-state index in [1.165, 1.54) is 6.20 Å². The van der Waals surface area contributed by atoms with Crippen molar-refractivity contribution in [2.24, 2.45) is 0 Å². The molecule has 0 bridgehead atoms. The number of aromatic carboxylic acids is 1. The number of carboxylic acids is 1. The Morgan fingerprint density at radius 1 is 1.55 bits per heavy atom. The van der Waals surface area contributed by atoms with Crippen molar-refractivity contribution in [3.05, 3.63) is 17.7 Å². The lowest BCUT2D eigenvalue weighted by atomic mass is 9.77. The third-order valence-corrected chi connectivity index (χ3v) is 4.58. The molecule has 20 heavy (non-hydrogen) atoms. The Kier molecular flexibility index (Phi) is 4.11. The van der Waals surface area contributed by atoms with E-state index >= 15 is 0 Å². The zero-order valence-electron chi connectivity index (χ0n) is 11.1. The summed E-state index contributed by atoms with van der Waals surface area (Å²) in [6, 6.07) is 0. The monoisotopic (exact) mass is 302 g/mol. The first-order valence-electron chi connectivity index (χ1n) is 6.46. The fourth-order valence-corrected chi connectivity index (χ4v) is 3.48. The summed E-state index contributed by atoms with van der Waals surface area (Å²) in [5, 5.41) is 8.88. The highest BCUT2D eigenvalue weighted by molar-refractivity contribution is 7.87. The predicted octanol–water partition coefficient (Wildman–Crippen LogP) is 0.321. The number of nitrogens with zero attached hydrogens (tertiary/aromatic N) is 1. The molecule has 1 saturated carbocycles. The second kappa shape index (κ2) is 5.51. The van der Waals surface area contributed by atoms with E-state index in [0.717, 1.165) is 6.42 Å². The normalized spacial score (nSPS) is 17.6. The molecular formula is C11H18N4O4S. The maximum absolute atomic E-state index is 11.9. The predicted molar refractivity (Wildman–Crippen MR) is 71.4 cm³/mol. The van der Waals surface area contributed by atoms with E-state index in [1.54, 1.807) is 0 Å². The van der Waals surface area contributed by atoms with E-state index < -0.39 is 21.7 Å². The number of H-pyrrole nitrogens is 1. The van der Waals surface area contributed by atoms with Crippen molar-refractivity contribution in [1.82, 2.24) is 19.4 Å². The molecule has 1 aliphatic rings. The van der Waals surface area contributed by atoms with Crippen molar-refractivity contribution >= 4 is 16.2 Å². The van der Waals surface area contributed by atoms with Crippen LogP contribution in [0.2, 0.25) is 0 Å². The van der Waals surface area contributed by atoms with Crippen LogP contribution in [0.5, 0.6) is 0 Å². The largest absolute Gasteiger partial charge is 0.477 e. The molecule has 1 aliphatic carbocycles. The molecule has 0 spiro atoms. The van der Waals surface area contributed by atoms with Crippen molar-refractivity contribution in [1.29, 1.82) is 0 Å². The second-order valence-electron chi connectivity index (χ2n) is 4.89. The van der Waals surface area contributed by atoms with Crippen molar-refractivity contribution < 1.29 is 18.3 Å². The Hall–Kier alpha value is -1.45. The summed E-state index contributed by atoms with van der Waals surface area (Å²) in [5.41, 5.74) is -0.875. The third-order valence-electron chi connectivity index (χ3n) is 3.34. The molecule has 4 N–H and O–H groups in total. The van der Waals surface area contributed by atoms with Crippen LogP contribution in [0.1, 0.15) is 48.9 Å². The summed E-state index contributed by atoms with van der Waals surface area (Å²) in [4.78, 5) is 17.5. The van der Waals surface area contributed by atoms with Gasteiger partial charge in [-0.25, -0.2) is 14.5 Å². The van der Waals surface area contributed by atoms with Gasteiger partial charge in [-0.2, -0.15) is 13.1 Å². The Balaban J connectivity index is 2.19. The number of aromatic amines is 1. The van der Waals surface area contributed by atoms with Crippen LogP contribution in [0.25, 0.3) is 0 Å². The van der Waals surface area contributed by atoms with Crippen molar-refractivity contribution in [2.45, 2.75) is 38.1 Å². The molecule has 0 saturated heterocycles. The minimum absolute atomic E-state index is 0.0491. The van der Waals surface area contributed by atoms with Crippen LogP contribution in [0.4, 0.5) is 0 Å². The van der Waals surface area contributed by atoms with Crippen LogP contribution in [0, 0.1) is 0 Å². The average molecular weight is 302 g/mol. The Bertz CT molecular complexity index is 591. The number of rotatable bonds is 7. The van der Waals surface area contributed by atoms with E-state index in [2.05, 4.69) is 19.4 Å². The van der Waals surface area contributed by atoms with Gasteiger partial charge in [0.05, 0.1) is 11.7 Å².